The van der Waals surface area contributed by atoms with E-state index in [-0.39, 0.29) is 30.6 Å². The van der Waals surface area contributed by atoms with Gasteiger partial charge >= 0.3 is 5.97 Å². The van der Waals surface area contributed by atoms with Crippen LogP contribution in [0.5, 0.6) is 0 Å². The molecule has 0 aliphatic carbocycles. The Morgan fingerprint density at radius 1 is 1.00 bits per heavy atom. The average molecular weight is 508 g/mol. The predicted molar refractivity (Wildman–Crippen MR) is 133 cm³/mol. The third-order valence-corrected chi connectivity index (χ3v) is 5.60. The molecule has 12 nitrogen and oxygen atoms in total. The number of rotatable bonds is 16. The van der Waals surface area contributed by atoms with E-state index in [0.29, 0.717) is 18.6 Å². The summed E-state index contributed by atoms with van der Waals surface area (Å²) in [7, 11) is 0. The first-order chi connectivity index (χ1) is 15.4. The summed E-state index contributed by atoms with van der Waals surface area (Å²) < 4.78 is 0. The van der Waals surface area contributed by atoms with Gasteiger partial charge in [-0.25, -0.2) is 4.79 Å². The molecule has 0 rings (SSSR count). The van der Waals surface area contributed by atoms with Gasteiger partial charge in [0.15, 0.2) is 5.96 Å². The fourth-order valence-corrected chi connectivity index (χ4v) is 3.41. The highest BCUT2D eigenvalue weighted by Crippen LogP contribution is 2.06. The third-order valence-electron chi connectivity index (χ3n) is 4.59. The van der Waals surface area contributed by atoms with Crippen LogP contribution in [0.15, 0.2) is 4.99 Å². The van der Waals surface area contributed by atoms with Crippen molar-refractivity contribution in [2.75, 3.05) is 24.3 Å². The molecule has 190 valence electrons. The molecule has 0 heterocycles. The van der Waals surface area contributed by atoms with Crippen molar-refractivity contribution in [2.24, 2.45) is 28.1 Å². The Kier molecular flexibility index (Phi) is 15.3. The van der Waals surface area contributed by atoms with Crippen LogP contribution < -0.4 is 33.2 Å². The topological polar surface area (TPSA) is 215 Å². The van der Waals surface area contributed by atoms with E-state index in [0.717, 1.165) is 0 Å². The lowest BCUT2D eigenvalue weighted by Gasteiger charge is -2.26. The zero-order valence-electron chi connectivity index (χ0n) is 19.2. The summed E-state index contributed by atoms with van der Waals surface area (Å²) in [5.41, 5.74) is 16.3. The Labute approximate surface area is 204 Å². The minimum Gasteiger partial charge on any atom is -0.480 e. The largest absolute Gasteiger partial charge is 0.480 e. The van der Waals surface area contributed by atoms with Gasteiger partial charge in [-0.05, 0) is 37.2 Å². The van der Waals surface area contributed by atoms with Crippen LogP contribution in [0.2, 0.25) is 0 Å². The second kappa shape index (κ2) is 16.4. The normalized spacial score (nSPS) is 14.5. The van der Waals surface area contributed by atoms with E-state index in [9.17, 15) is 24.3 Å². The number of amides is 3. The van der Waals surface area contributed by atoms with Crippen molar-refractivity contribution in [3.05, 3.63) is 0 Å². The van der Waals surface area contributed by atoms with Crippen LogP contribution >= 0.6 is 24.4 Å². The molecule has 4 unspecified atom stereocenters. The molecule has 14 heteroatoms. The Morgan fingerprint density at radius 2 is 1.61 bits per heavy atom. The van der Waals surface area contributed by atoms with Gasteiger partial charge in [0.05, 0.1) is 6.04 Å². The van der Waals surface area contributed by atoms with Crippen molar-refractivity contribution in [3.8, 4) is 0 Å². The van der Waals surface area contributed by atoms with Gasteiger partial charge in [-0.1, -0.05) is 13.8 Å². The van der Waals surface area contributed by atoms with Crippen molar-refractivity contribution in [2.45, 2.75) is 57.3 Å². The molecule has 10 N–H and O–H groups in total. The molecule has 0 aromatic rings. The summed E-state index contributed by atoms with van der Waals surface area (Å²) in [6.45, 7) is 3.69. The maximum absolute atomic E-state index is 12.8. The summed E-state index contributed by atoms with van der Waals surface area (Å²) in [6, 6.07) is -3.99. The molecule has 0 aromatic heterocycles. The van der Waals surface area contributed by atoms with Gasteiger partial charge in [0.1, 0.15) is 18.1 Å². The molecular weight excluding hydrogens is 470 g/mol. The number of thiol groups is 1. The Balaban J connectivity index is 5.07. The van der Waals surface area contributed by atoms with Crippen molar-refractivity contribution >= 4 is 54.0 Å². The monoisotopic (exact) mass is 507 g/mol. The number of nitrogens with zero attached hydrogens (tertiary/aromatic N) is 1. The maximum Gasteiger partial charge on any atom is 0.326 e. The Hall–Kier alpha value is -2.19. The first-order valence-electron chi connectivity index (χ1n) is 10.5. The van der Waals surface area contributed by atoms with Gasteiger partial charge in [0.25, 0.3) is 0 Å². The van der Waals surface area contributed by atoms with Crippen LogP contribution in [0.1, 0.15) is 33.1 Å². The van der Waals surface area contributed by atoms with Gasteiger partial charge in [0, 0.05) is 12.3 Å². The Bertz CT molecular complexity index is 689. The number of carbonyl (C=O) groups is 4. The predicted octanol–water partition coefficient (Wildman–Crippen LogP) is -1.75. The summed E-state index contributed by atoms with van der Waals surface area (Å²) in [5, 5.41) is 16.9. The summed E-state index contributed by atoms with van der Waals surface area (Å²) in [4.78, 5) is 53.0. The standard InChI is InChI=1S/C19H37N7O5S2/c1-10(2)14(26-15(27)11(20)6-8-33-3)17(29)25-13(9-32)16(28)24-12(18(30)31)5-4-7-23-19(21)22/h10-14,32H,4-9,20H2,1-3H3,(H,24,28)(H,25,29)(H,26,27)(H,30,31)(H4,21,22,23). The smallest absolute Gasteiger partial charge is 0.326 e. The Morgan fingerprint density at radius 3 is 2.09 bits per heavy atom. The van der Waals surface area contributed by atoms with E-state index in [4.69, 9.17) is 17.2 Å². The zero-order valence-corrected chi connectivity index (χ0v) is 21.0. The molecule has 0 aliphatic rings. The van der Waals surface area contributed by atoms with Gasteiger partial charge in [-0.2, -0.15) is 24.4 Å². The number of carboxylic acids is 1. The third kappa shape index (κ3) is 12.6. The number of guanidine groups is 1. The number of aliphatic imine (C=N–C) groups is 1. The molecule has 0 radical (unpaired) electrons. The van der Waals surface area contributed by atoms with Crippen molar-refractivity contribution < 1.29 is 24.3 Å². The lowest BCUT2D eigenvalue weighted by molar-refractivity contribution is -0.142. The maximum atomic E-state index is 12.8. The van der Waals surface area contributed by atoms with Crippen LogP contribution in [0.3, 0.4) is 0 Å². The summed E-state index contributed by atoms with van der Waals surface area (Å²) in [6.07, 6.45) is 2.77. The second-order valence-electron chi connectivity index (χ2n) is 7.71. The number of aliphatic carboxylic acids is 1. The van der Waals surface area contributed by atoms with E-state index in [2.05, 4.69) is 33.6 Å². The number of carboxylic acid groups (broad SMARTS) is 1. The molecular formula is C19H37N7O5S2. The number of carbonyl (C=O) groups excluding carboxylic acids is 3. The van der Waals surface area contributed by atoms with Crippen LogP contribution in [-0.2, 0) is 19.2 Å². The minimum absolute atomic E-state index is 0.0795. The molecule has 0 saturated heterocycles. The quantitative estimate of drug-likeness (QED) is 0.0513. The average Bonchev–Trinajstić information content (AvgIpc) is 2.74. The van der Waals surface area contributed by atoms with Crippen molar-refractivity contribution in [1.82, 2.24) is 16.0 Å². The van der Waals surface area contributed by atoms with E-state index in [1.54, 1.807) is 25.6 Å². The highest BCUT2D eigenvalue weighted by molar-refractivity contribution is 7.98. The van der Waals surface area contributed by atoms with Crippen LogP contribution in [0, 0.1) is 5.92 Å². The molecule has 0 aliphatic heterocycles. The molecule has 4 atom stereocenters. The number of thioether (sulfide) groups is 1. The van der Waals surface area contributed by atoms with Crippen LogP contribution in [0.4, 0.5) is 0 Å². The molecule has 3 amide bonds. The highest BCUT2D eigenvalue weighted by Gasteiger charge is 2.31. The zero-order chi connectivity index (χ0) is 25.6. The summed E-state index contributed by atoms with van der Waals surface area (Å²) in [5.74, 6) is -2.77. The van der Waals surface area contributed by atoms with E-state index >= 15 is 0 Å². The SMILES string of the molecule is CSCCC(N)C(=O)NC(C(=O)NC(CS)C(=O)NC(CCCN=C(N)N)C(=O)O)C(C)C. The number of nitrogens with one attached hydrogen (secondary N) is 3. The summed E-state index contributed by atoms with van der Waals surface area (Å²) >= 11 is 5.65. The highest BCUT2D eigenvalue weighted by atomic mass is 32.2. The lowest BCUT2D eigenvalue weighted by atomic mass is 10.0. The van der Waals surface area contributed by atoms with Gasteiger partial charge in [-0.3, -0.25) is 19.4 Å². The lowest BCUT2D eigenvalue weighted by Crippen LogP contribution is -2.58. The van der Waals surface area contributed by atoms with E-state index < -0.39 is 47.9 Å². The van der Waals surface area contributed by atoms with Crippen LogP contribution in [0.25, 0.3) is 0 Å². The molecule has 33 heavy (non-hydrogen) atoms. The fourth-order valence-electron chi connectivity index (χ4n) is 2.66. The fraction of sp³-hybridized carbons (Fsp3) is 0.737. The van der Waals surface area contributed by atoms with Crippen molar-refractivity contribution in [3.63, 3.8) is 0 Å². The number of hydrogen-bond acceptors (Lipinski definition) is 8. The number of hydrogen-bond donors (Lipinski definition) is 8. The van der Waals surface area contributed by atoms with Gasteiger partial charge in [-0.15, -0.1) is 0 Å². The van der Waals surface area contributed by atoms with Crippen molar-refractivity contribution in [1.29, 1.82) is 0 Å². The van der Waals surface area contributed by atoms with E-state index in [1.165, 1.54) is 0 Å². The molecule has 0 fully saturated rings. The second-order valence-corrected chi connectivity index (χ2v) is 9.06. The van der Waals surface area contributed by atoms with E-state index in [1.807, 2.05) is 6.26 Å². The van der Waals surface area contributed by atoms with Crippen LogP contribution in [-0.4, -0.2) is 83.2 Å². The molecule has 0 bridgehead atoms. The van der Waals surface area contributed by atoms with Gasteiger partial charge < -0.3 is 38.3 Å². The first kappa shape index (κ1) is 30.8. The number of nitrogens with two attached hydrogens (primary N) is 3. The minimum atomic E-state index is -1.23. The van der Waals surface area contributed by atoms with Gasteiger partial charge in [0.2, 0.25) is 17.7 Å². The molecule has 0 aromatic carbocycles. The molecule has 0 saturated carbocycles. The first-order valence-corrected chi connectivity index (χ1v) is 12.5. The molecule has 0 spiro atoms.